The van der Waals surface area contributed by atoms with E-state index in [0.717, 1.165) is 17.5 Å². The Hall–Kier alpha value is -2.93. The molecule has 0 amide bonds. The third-order valence-electron chi connectivity index (χ3n) is 5.10. The molecule has 0 aliphatic heterocycles. The summed E-state index contributed by atoms with van der Waals surface area (Å²) >= 11 is 0. The summed E-state index contributed by atoms with van der Waals surface area (Å²) in [7, 11) is 0. The Kier molecular flexibility index (Phi) is 5.02. The van der Waals surface area contributed by atoms with E-state index in [0.29, 0.717) is 0 Å². The standard InChI is InChI=1S/C26H23F/c1-2-3-5-19-8-9-25-17-24(15-14-23(25)16-19)21-12-10-20(11-13-21)22-6-4-7-26(27)18-22/h4,6-18H,2-3,5H2,1H3. The molecular weight excluding hydrogens is 331 g/mol. The zero-order valence-electron chi connectivity index (χ0n) is 15.6. The minimum Gasteiger partial charge on any atom is -0.207 e. The van der Waals surface area contributed by atoms with Crippen molar-refractivity contribution in [2.45, 2.75) is 26.2 Å². The summed E-state index contributed by atoms with van der Waals surface area (Å²) in [6.07, 6.45) is 3.61. The summed E-state index contributed by atoms with van der Waals surface area (Å²) in [6, 6.07) is 28.5. The van der Waals surface area contributed by atoms with E-state index in [9.17, 15) is 4.39 Å². The van der Waals surface area contributed by atoms with Crippen molar-refractivity contribution in [1.82, 2.24) is 0 Å². The predicted octanol–water partition coefficient (Wildman–Crippen LogP) is 7.66. The molecule has 0 nitrogen and oxygen atoms in total. The minimum atomic E-state index is -0.204. The third-order valence-corrected chi connectivity index (χ3v) is 5.10. The summed E-state index contributed by atoms with van der Waals surface area (Å²) in [5.74, 6) is -0.204. The molecule has 0 atom stereocenters. The molecule has 0 saturated carbocycles. The monoisotopic (exact) mass is 354 g/mol. The number of unbranched alkanes of at least 4 members (excludes halogenated alkanes) is 1. The first-order valence-corrected chi connectivity index (χ1v) is 9.62. The average Bonchev–Trinajstić information content (AvgIpc) is 2.72. The summed E-state index contributed by atoms with van der Waals surface area (Å²) in [6.45, 7) is 2.23. The van der Waals surface area contributed by atoms with Crippen molar-refractivity contribution in [3.63, 3.8) is 0 Å². The normalized spacial score (nSPS) is 11.0. The van der Waals surface area contributed by atoms with Gasteiger partial charge in [-0.05, 0) is 69.6 Å². The van der Waals surface area contributed by atoms with Crippen molar-refractivity contribution in [2.75, 3.05) is 0 Å². The zero-order valence-corrected chi connectivity index (χ0v) is 15.6. The summed E-state index contributed by atoms with van der Waals surface area (Å²) in [5, 5.41) is 2.56. The molecule has 0 aromatic heterocycles. The molecule has 0 unspecified atom stereocenters. The Labute approximate surface area is 160 Å². The number of hydrogen-bond acceptors (Lipinski definition) is 0. The molecule has 4 rings (SSSR count). The van der Waals surface area contributed by atoms with Gasteiger partial charge in [0.2, 0.25) is 0 Å². The van der Waals surface area contributed by atoms with Gasteiger partial charge >= 0.3 is 0 Å². The highest BCUT2D eigenvalue weighted by molar-refractivity contribution is 5.88. The number of hydrogen-bond donors (Lipinski definition) is 0. The first kappa shape index (κ1) is 17.5. The lowest BCUT2D eigenvalue weighted by Crippen LogP contribution is -1.86. The molecule has 0 aliphatic rings. The summed E-state index contributed by atoms with van der Waals surface area (Å²) in [4.78, 5) is 0. The van der Waals surface area contributed by atoms with Gasteiger partial charge in [-0.25, -0.2) is 4.39 Å². The lowest BCUT2D eigenvalue weighted by atomic mass is 9.97. The Morgan fingerprint density at radius 3 is 1.96 bits per heavy atom. The molecular formula is C26H23F. The van der Waals surface area contributed by atoms with Crippen LogP contribution in [0.4, 0.5) is 4.39 Å². The first-order valence-electron chi connectivity index (χ1n) is 9.62. The second-order valence-corrected chi connectivity index (χ2v) is 7.09. The van der Waals surface area contributed by atoms with E-state index < -0.39 is 0 Å². The van der Waals surface area contributed by atoms with E-state index in [1.54, 1.807) is 12.1 Å². The first-order chi connectivity index (χ1) is 13.2. The SMILES string of the molecule is CCCCc1ccc2cc(-c3ccc(-c4cccc(F)c4)cc3)ccc2c1. The fraction of sp³-hybridized carbons (Fsp3) is 0.154. The van der Waals surface area contributed by atoms with Crippen LogP contribution in [0.3, 0.4) is 0 Å². The second-order valence-electron chi connectivity index (χ2n) is 7.09. The summed E-state index contributed by atoms with van der Waals surface area (Å²) < 4.78 is 13.4. The molecule has 0 radical (unpaired) electrons. The molecule has 4 aromatic rings. The van der Waals surface area contributed by atoms with Crippen LogP contribution < -0.4 is 0 Å². The Balaban J connectivity index is 1.62. The van der Waals surface area contributed by atoms with Crippen LogP contribution in [0.25, 0.3) is 33.0 Å². The van der Waals surface area contributed by atoms with E-state index in [1.807, 2.05) is 6.07 Å². The molecule has 1 heteroatoms. The maximum absolute atomic E-state index is 13.4. The van der Waals surface area contributed by atoms with Gasteiger partial charge in [0.05, 0.1) is 0 Å². The predicted molar refractivity (Wildman–Crippen MR) is 113 cm³/mol. The van der Waals surface area contributed by atoms with Crippen molar-refractivity contribution < 1.29 is 4.39 Å². The van der Waals surface area contributed by atoms with Gasteiger partial charge in [-0.2, -0.15) is 0 Å². The van der Waals surface area contributed by atoms with E-state index in [2.05, 4.69) is 67.6 Å². The third kappa shape index (κ3) is 3.93. The lowest BCUT2D eigenvalue weighted by Gasteiger charge is -2.08. The van der Waals surface area contributed by atoms with Crippen LogP contribution in [0.15, 0.2) is 84.9 Å². The van der Waals surface area contributed by atoms with E-state index in [4.69, 9.17) is 0 Å². The Bertz CT molecular complexity index is 1060. The molecule has 0 bridgehead atoms. The van der Waals surface area contributed by atoms with Crippen LogP contribution >= 0.6 is 0 Å². The largest absolute Gasteiger partial charge is 0.207 e. The van der Waals surface area contributed by atoms with Crippen LogP contribution in [0.1, 0.15) is 25.3 Å². The molecule has 0 heterocycles. The molecule has 27 heavy (non-hydrogen) atoms. The fourth-order valence-corrected chi connectivity index (χ4v) is 3.53. The van der Waals surface area contributed by atoms with Crippen LogP contribution in [0, 0.1) is 5.82 Å². The second kappa shape index (κ2) is 7.75. The van der Waals surface area contributed by atoms with Crippen molar-refractivity contribution in [3.05, 3.63) is 96.3 Å². The Morgan fingerprint density at radius 1 is 0.630 bits per heavy atom. The maximum atomic E-state index is 13.4. The molecule has 0 N–H and O–H groups in total. The lowest BCUT2D eigenvalue weighted by molar-refractivity contribution is 0.628. The quantitative estimate of drug-likeness (QED) is 0.345. The van der Waals surface area contributed by atoms with Crippen LogP contribution in [0.2, 0.25) is 0 Å². The zero-order chi connectivity index (χ0) is 18.6. The van der Waals surface area contributed by atoms with Gasteiger partial charge in [-0.3, -0.25) is 0 Å². The van der Waals surface area contributed by atoms with Gasteiger partial charge in [-0.15, -0.1) is 0 Å². The number of benzene rings is 4. The molecule has 134 valence electrons. The highest BCUT2D eigenvalue weighted by atomic mass is 19.1. The van der Waals surface area contributed by atoms with Gasteiger partial charge in [-0.1, -0.05) is 80.1 Å². The van der Waals surface area contributed by atoms with Gasteiger partial charge in [0.1, 0.15) is 5.82 Å². The number of fused-ring (bicyclic) bond motifs is 1. The highest BCUT2D eigenvalue weighted by Gasteiger charge is 2.04. The highest BCUT2D eigenvalue weighted by Crippen LogP contribution is 2.28. The molecule has 4 aromatic carbocycles. The molecule has 0 aliphatic carbocycles. The van der Waals surface area contributed by atoms with Crippen molar-refractivity contribution in [3.8, 4) is 22.3 Å². The minimum absolute atomic E-state index is 0.204. The number of halogens is 1. The van der Waals surface area contributed by atoms with Crippen LogP contribution in [-0.4, -0.2) is 0 Å². The fourth-order valence-electron chi connectivity index (χ4n) is 3.53. The number of aryl methyl sites for hydroxylation is 1. The summed E-state index contributed by atoms with van der Waals surface area (Å²) in [5.41, 5.74) is 5.72. The smallest absolute Gasteiger partial charge is 0.123 e. The van der Waals surface area contributed by atoms with E-state index >= 15 is 0 Å². The van der Waals surface area contributed by atoms with Gasteiger partial charge in [0.25, 0.3) is 0 Å². The van der Waals surface area contributed by atoms with Crippen LogP contribution in [0.5, 0.6) is 0 Å². The molecule has 0 saturated heterocycles. The van der Waals surface area contributed by atoms with Crippen molar-refractivity contribution in [2.24, 2.45) is 0 Å². The van der Waals surface area contributed by atoms with E-state index in [1.165, 1.54) is 46.4 Å². The molecule has 0 fully saturated rings. The van der Waals surface area contributed by atoms with Crippen molar-refractivity contribution >= 4 is 10.8 Å². The number of rotatable bonds is 5. The van der Waals surface area contributed by atoms with Crippen LogP contribution in [-0.2, 0) is 6.42 Å². The topological polar surface area (TPSA) is 0 Å². The van der Waals surface area contributed by atoms with E-state index in [-0.39, 0.29) is 5.82 Å². The van der Waals surface area contributed by atoms with Gasteiger partial charge in [0, 0.05) is 0 Å². The Morgan fingerprint density at radius 2 is 1.26 bits per heavy atom. The molecule has 0 spiro atoms. The maximum Gasteiger partial charge on any atom is 0.123 e. The van der Waals surface area contributed by atoms with Gasteiger partial charge < -0.3 is 0 Å². The average molecular weight is 354 g/mol. The van der Waals surface area contributed by atoms with Gasteiger partial charge in [0.15, 0.2) is 0 Å². The van der Waals surface area contributed by atoms with Crippen molar-refractivity contribution in [1.29, 1.82) is 0 Å².